The quantitative estimate of drug-likeness (QED) is 0.148. The average molecular weight is 581 g/mol. The first-order chi connectivity index (χ1) is 6.00. The van der Waals surface area contributed by atoms with Gasteiger partial charge in [-0.2, -0.15) is 0 Å². The Labute approximate surface area is 95.3 Å². The summed E-state index contributed by atoms with van der Waals surface area (Å²) in [6.45, 7) is 0. The van der Waals surface area contributed by atoms with Crippen LogP contribution in [0.3, 0.4) is 0 Å². The first kappa shape index (κ1) is 21.2. The van der Waals surface area contributed by atoms with E-state index >= 15 is 0 Å². The van der Waals surface area contributed by atoms with Crippen LogP contribution in [0.2, 0.25) is 0 Å². The third-order valence-corrected chi connectivity index (χ3v) is 0. The fourth-order valence-electron chi connectivity index (χ4n) is 0. The minimum absolute atomic E-state index is 5.52. The second-order valence-corrected chi connectivity index (χ2v) is 9.01. The van der Waals surface area contributed by atoms with E-state index < -0.39 is 56.9 Å². The zero-order valence-electron chi connectivity index (χ0n) is 6.36. The van der Waals surface area contributed by atoms with Crippen molar-refractivity contribution in [3.8, 4) is 0 Å². The molecule has 0 bridgehead atoms. The van der Waals surface area contributed by atoms with Crippen molar-refractivity contribution in [3.63, 3.8) is 0 Å². The van der Waals surface area contributed by atoms with Gasteiger partial charge in [-0.05, 0) is 0 Å². The van der Waals surface area contributed by atoms with Gasteiger partial charge in [0.25, 0.3) is 0 Å². The van der Waals surface area contributed by atoms with Crippen molar-refractivity contribution in [2.24, 2.45) is 0 Å². The molecule has 0 spiro atoms. The molecule has 0 aliphatic heterocycles. The SMILES string of the molecule is O=[Te](=O)(O)O.O=[Te](=O)(O)O.O=[Te](=O)(O)O. The Bertz CT molecular complexity index is 332. The molecule has 6 N–H and O–H groups in total. The summed E-state index contributed by atoms with van der Waals surface area (Å²) in [5.74, 6) is 0. The number of rotatable bonds is 0. The van der Waals surface area contributed by atoms with E-state index in [-0.39, 0.29) is 0 Å². The summed E-state index contributed by atoms with van der Waals surface area (Å²) in [7, 11) is 0. The fraction of sp³-hybridized carbons (Fsp3) is 0. The molecule has 0 saturated heterocycles. The van der Waals surface area contributed by atoms with Crippen LogP contribution >= 0.6 is 0 Å². The molecule has 15 heavy (non-hydrogen) atoms. The molecule has 0 aliphatic rings. The molecule has 96 valence electrons. The topological polar surface area (TPSA) is 224 Å². The maximum atomic E-state index is 8.85. The van der Waals surface area contributed by atoms with E-state index in [4.69, 9.17) is 39.5 Å². The first-order valence-corrected chi connectivity index (χ1v) is 14.1. The fourth-order valence-corrected chi connectivity index (χ4v) is 0. The molecule has 15 heteroatoms. The molecule has 0 atom stereocenters. The summed E-state index contributed by atoms with van der Waals surface area (Å²) >= 11 is -16.6. The molecule has 0 rings (SSSR count). The Morgan fingerprint density at radius 1 is 0.400 bits per heavy atom. The molecule has 12 nitrogen and oxygen atoms in total. The van der Waals surface area contributed by atoms with E-state index in [9.17, 15) is 0 Å². The van der Waals surface area contributed by atoms with Gasteiger partial charge in [0.2, 0.25) is 0 Å². The van der Waals surface area contributed by atoms with Crippen molar-refractivity contribution in [2.75, 3.05) is 0 Å². The van der Waals surface area contributed by atoms with Gasteiger partial charge in [0.1, 0.15) is 0 Å². The van der Waals surface area contributed by atoms with Crippen molar-refractivity contribution < 1.29 is 39.5 Å². The van der Waals surface area contributed by atoms with Crippen LogP contribution in [-0.2, 0) is 18.6 Å². The van der Waals surface area contributed by atoms with Gasteiger partial charge in [-0.3, -0.25) is 0 Å². The monoisotopic (exact) mass is 588 g/mol. The van der Waals surface area contributed by atoms with Gasteiger partial charge < -0.3 is 0 Å². The van der Waals surface area contributed by atoms with Gasteiger partial charge in [-0.15, -0.1) is 0 Å². The Kier molecular flexibility index (Phi) is 11.4. The summed E-state index contributed by atoms with van der Waals surface area (Å²) in [6, 6.07) is 0. The molecule has 0 fully saturated rings. The van der Waals surface area contributed by atoms with Crippen LogP contribution in [-0.4, -0.2) is 77.7 Å². The summed E-state index contributed by atoms with van der Waals surface area (Å²) in [6.07, 6.45) is 0. The third-order valence-electron chi connectivity index (χ3n) is 0. The summed E-state index contributed by atoms with van der Waals surface area (Å²) in [5.41, 5.74) is 0. The minimum atomic E-state index is -5.52. The van der Waals surface area contributed by atoms with Crippen molar-refractivity contribution >= 4 is 56.9 Å². The van der Waals surface area contributed by atoms with Crippen LogP contribution in [0.15, 0.2) is 0 Å². The van der Waals surface area contributed by atoms with E-state index in [1.54, 1.807) is 0 Å². The Hall–Kier alpha value is 0.929. The van der Waals surface area contributed by atoms with Crippen molar-refractivity contribution in [2.45, 2.75) is 0 Å². The van der Waals surface area contributed by atoms with Crippen LogP contribution in [0.1, 0.15) is 0 Å². The van der Waals surface area contributed by atoms with Crippen LogP contribution in [0, 0.1) is 0 Å². The van der Waals surface area contributed by atoms with Crippen molar-refractivity contribution in [1.29, 1.82) is 0 Å². The molecule has 0 heterocycles. The van der Waals surface area contributed by atoms with Crippen LogP contribution in [0.25, 0.3) is 0 Å². The average Bonchev–Trinajstić information content (AvgIpc) is 1.41. The molecular formula is H6O12Te3. The van der Waals surface area contributed by atoms with Crippen LogP contribution in [0.4, 0.5) is 0 Å². The number of hydrogen-bond acceptors (Lipinski definition) is 6. The standard InChI is InChI=1S/3H2O4Te/c3*1-5(2,3)4/h3*(H2,1,2,3,4). The molecule has 0 unspecified atom stereocenters. The van der Waals surface area contributed by atoms with Crippen LogP contribution < -0.4 is 0 Å². The molecule has 0 aromatic carbocycles. The molecule has 0 aliphatic carbocycles. The van der Waals surface area contributed by atoms with Gasteiger partial charge in [-0.1, -0.05) is 0 Å². The summed E-state index contributed by atoms with van der Waals surface area (Å²) < 4.78 is 96.0. The Morgan fingerprint density at radius 3 is 0.400 bits per heavy atom. The molecule has 0 aromatic heterocycles. The van der Waals surface area contributed by atoms with Crippen molar-refractivity contribution in [3.05, 3.63) is 0 Å². The van der Waals surface area contributed by atoms with E-state index in [0.29, 0.717) is 0 Å². The second kappa shape index (κ2) is 8.08. The molecule has 0 aromatic rings. The van der Waals surface area contributed by atoms with Gasteiger partial charge in [-0.25, -0.2) is 0 Å². The molecule has 0 amide bonds. The number of hydrogen-bond donors (Lipinski definition) is 6. The van der Waals surface area contributed by atoms with Gasteiger partial charge in [0.15, 0.2) is 0 Å². The predicted molar refractivity (Wildman–Crippen MR) is 34.7 cm³/mol. The van der Waals surface area contributed by atoms with E-state index in [1.807, 2.05) is 0 Å². The van der Waals surface area contributed by atoms with E-state index in [1.165, 1.54) is 0 Å². The second-order valence-electron chi connectivity index (χ2n) is 1.34. The Balaban J connectivity index is -0.000000144. The molecule has 0 saturated carbocycles. The van der Waals surface area contributed by atoms with E-state index in [0.717, 1.165) is 0 Å². The maximum absolute atomic E-state index is 8.85. The van der Waals surface area contributed by atoms with E-state index in [2.05, 4.69) is 0 Å². The zero-order chi connectivity index (χ0) is 13.5. The van der Waals surface area contributed by atoms with Crippen LogP contribution in [0.5, 0.6) is 0 Å². The van der Waals surface area contributed by atoms with Gasteiger partial charge in [0, 0.05) is 0 Å². The van der Waals surface area contributed by atoms with Crippen molar-refractivity contribution in [1.82, 2.24) is 0 Å². The third kappa shape index (κ3) is 2890. The predicted octanol–water partition coefficient (Wildman–Crippen LogP) is -5.20. The zero-order valence-corrected chi connectivity index (χ0v) is 13.3. The summed E-state index contributed by atoms with van der Waals surface area (Å²) in [5, 5.41) is 0. The van der Waals surface area contributed by atoms with Gasteiger partial charge >= 0.3 is 96.4 Å². The first-order valence-electron chi connectivity index (χ1n) is 2.10. The Morgan fingerprint density at radius 2 is 0.400 bits per heavy atom. The molecule has 0 radical (unpaired) electrons. The van der Waals surface area contributed by atoms with Gasteiger partial charge in [0.05, 0.1) is 0 Å². The molecular weight excluding hydrogens is 575 g/mol. The summed E-state index contributed by atoms with van der Waals surface area (Å²) in [4.78, 5) is 0. The normalized spacial score (nSPS) is 11.6.